The molecule has 1 heterocycles. The molecule has 3 rings (SSSR count). The molecule has 2 aromatic carbocycles. The van der Waals surface area contributed by atoms with Crippen LogP contribution < -0.4 is 16.6 Å². The van der Waals surface area contributed by atoms with Gasteiger partial charge in [0, 0.05) is 18.7 Å². The molecular formula is C20H19ClN4O4. The van der Waals surface area contributed by atoms with E-state index in [-0.39, 0.29) is 19.7 Å². The Morgan fingerprint density at radius 2 is 1.79 bits per heavy atom. The maximum absolute atomic E-state index is 13.0. The highest BCUT2D eigenvalue weighted by atomic mass is 35.5. The van der Waals surface area contributed by atoms with Crippen LogP contribution in [0.2, 0.25) is 5.02 Å². The molecule has 1 aromatic heterocycles. The van der Waals surface area contributed by atoms with Gasteiger partial charge >= 0.3 is 5.69 Å². The summed E-state index contributed by atoms with van der Waals surface area (Å²) in [5, 5.41) is 7.00. The van der Waals surface area contributed by atoms with Gasteiger partial charge in [-0.05, 0) is 23.8 Å². The molecule has 8 nitrogen and oxygen atoms in total. The van der Waals surface area contributed by atoms with Gasteiger partial charge in [0.2, 0.25) is 5.69 Å². The highest BCUT2D eigenvalue weighted by Gasteiger charge is 2.20. The van der Waals surface area contributed by atoms with Crippen LogP contribution in [0.4, 0.5) is 0 Å². The Bertz CT molecular complexity index is 1130. The molecule has 0 fully saturated rings. The summed E-state index contributed by atoms with van der Waals surface area (Å²) >= 11 is 6.19. The molecule has 29 heavy (non-hydrogen) atoms. The predicted molar refractivity (Wildman–Crippen MR) is 109 cm³/mol. The van der Waals surface area contributed by atoms with Gasteiger partial charge in [0.15, 0.2) is 0 Å². The quantitative estimate of drug-likeness (QED) is 0.591. The Kier molecular flexibility index (Phi) is 6.58. The first-order chi connectivity index (χ1) is 14.0. The maximum Gasteiger partial charge on any atom is 0.352 e. The SMILES string of the molecule is COCCNC(=O)c1nn(-c2ccccc2)c(=O)n(Cc2ccccc2Cl)c1=O. The molecule has 0 aliphatic rings. The van der Waals surface area contributed by atoms with Crippen LogP contribution in [0.25, 0.3) is 5.69 Å². The minimum atomic E-state index is -0.794. The van der Waals surface area contributed by atoms with E-state index in [0.717, 1.165) is 9.25 Å². The Balaban J connectivity index is 2.14. The summed E-state index contributed by atoms with van der Waals surface area (Å²) in [6.45, 7) is 0.383. The third kappa shape index (κ3) is 4.61. The van der Waals surface area contributed by atoms with Gasteiger partial charge in [-0.2, -0.15) is 9.78 Å². The summed E-state index contributed by atoms with van der Waals surface area (Å²) < 4.78 is 6.88. The number of amides is 1. The Morgan fingerprint density at radius 1 is 1.10 bits per heavy atom. The van der Waals surface area contributed by atoms with Crippen molar-refractivity contribution in [3.05, 3.63) is 91.7 Å². The zero-order valence-electron chi connectivity index (χ0n) is 15.7. The van der Waals surface area contributed by atoms with E-state index >= 15 is 0 Å². The third-order valence-electron chi connectivity index (χ3n) is 4.15. The summed E-state index contributed by atoms with van der Waals surface area (Å²) in [7, 11) is 1.50. The van der Waals surface area contributed by atoms with Gasteiger partial charge in [-0.25, -0.2) is 4.79 Å². The number of nitrogens with zero attached hydrogens (tertiary/aromatic N) is 3. The minimum Gasteiger partial charge on any atom is -0.383 e. The molecule has 0 bridgehead atoms. The number of aromatic nitrogens is 3. The molecule has 0 saturated heterocycles. The number of methoxy groups -OCH3 is 1. The lowest BCUT2D eigenvalue weighted by Gasteiger charge is -2.13. The van der Waals surface area contributed by atoms with E-state index in [4.69, 9.17) is 16.3 Å². The molecule has 0 saturated carbocycles. The van der Waals surface area contributed by atoms with E-state index in [2.05, 4.69) is 10.4 Å². The van der Waals surface area contributed by atoms with Crippen molar-refractivity contribution >= 4 is 17.5 Å². The highest BCUT2D eigenvalue weighted by molar-refractivity contribution is 6.31. The Morgan fingerprint density at radius 3 is 2.48 bits per heavy atom. The Hall–Kier alpha value is -3.23. The molecule has 9 heteroatoms. The van der Waals surface area contributed by atoms with Crippen molar-refractivity contribution in [2.45, 2.75) is 6.54 Å². The van der Waals surface area contributed by atoms with E-state index in [9.17, 15) is 14.4 Å². The maximum atomic E-state index is 13.0. The van der Waals surface area contributed by atoms with E-state index in [0.29, 0.717) is 16.3 Å². The zero-order chi connectivity index (χ0) is 20.8. The van der Waals surface area contributed by atoms with Crippen molar-refractivity contribution < 1.29 is 9.53 Å². The molecule has 0 spiro atoms. The molecular weight excluding hydrogens is 396 g/mol. The second-order valence-corrected chi connectivity index (χ2v) is 6.52. The van der Waals surface area contributed by atoms with Crippen LogP contribution in [0, 0.1) is 0 Å². The molecule has 0 aliphatic carbocycles. The second kappa shape index (κ2) is 9.31. The van der Waals surface area contributed by atoms with Crippen LogP contribution in [0.3, 0.4) is 0 Å². The first-order valence-electron chi connectivity index (χ1n) is 8.83. The smallest absolute Gasteiger partial charge is 0.352 e. The van der Waals surface area contributed by atoms with Gasteiger partial charge in [0.25, 0.3) is 11.5 Å². The molecule has 0 radical (unpaired) electrons. The predicted octanol–water partition coefficient (Wildman–Crippen LogP) is 1.47. The lowest BCUT2D eigenvalue weighted by atomic mass is 10.2. The molecule has 0 atom stereocenters. The monoisotopic (exact) mass is 414 g/mol. The normalized spacial score (nSPS) is 10.7. The van der Waals surface area contributed by atoms with Crippen molar-refractivity contribution in [3.63, 3.8) is 0 Å². The largest absolute Gasteiger partial charge is 0.383 e. The van der Waals surface area contributed by atoms with Crippen molar-refractivity contribution in [1.82, 2.24) is 19.7 Å². The lowest BCUT2D eigenvalue weighted by molar-refractivity contribution is 0.0927. The van der Waals surface area contributed by atoms with Gasteiger partial charge in [-0.3, -0.25) is 14.2 Å². The summed E-state index contributed by atoms with van der Waals surface area (Å²) in [6.07, 6.45) is 0. The van der Waals surface area contributed by atoms with Crippen LogP contribution in [0.1, 0.15) is 16.1 Å². The number of hydrogen-bond acceptors (Lipinski definition) is 5. The van der Waals surface area contributed by atoms with Gasteiger partial charge in [-0.1, -0.05) is 48.0 Å². The molecule has 3 aromatic rings. The van der Waals surface area contributed by atoms with E-state index < -0.39 is 22.9 Å². The van der Waals surface area contributed by atoms with Crippen molar-refractivity contribution in [2.75, 3.05) is 20.3 Å². The number of rotatable bonds is 7. The number of ether oxygens (including phenoxy) is 1. The second-order valence-electron chi connectivity index (χ2n) is 6.11. The topological polar surface area (TPSA) is 95.2 Å². The average molecular weight is 415 g/mol. The van der Waals surface area contributed by atoms with Gasteiger partial charge < -0.3 is 10.1 Å². The first-order valence-corrected chi connectivity index (χ1v) is 9.21. The van der Waals surface area contributed by atoms with Crippen molar-refractivity contribution in [3.8, 4) is 5.69 Å². The molecule has 0 unspecified atom stereocenters. The standard InChI is InChI=1S/C20H19ClN4O4/c1-29-12-11-22-18(26)17-19(27)24(13-14-7-5-6-10-16(14)21)20(28)25(23-17)15-8-3-2-4-9-15/h2-10H,11-13H2,1H3,(H,22,26). The number of hydrogen-bond donors (Lipinski definition) is 1. The number of para-hydroxylation sites is 1. The van der Waals surface area contributed by atoms with Crippen LogP contribution in [0.5, 0.6) is 0 Å². The molecule has 150 valence electrons. The summed E-state index contributed by atoms with van der Waals surface area (Å²) in [4.78, 5) is 38.4. The van der Waals surface area contributed by atoms with Crippen LogP contribution in [0.15, 0.2) is 64.2 Å². The first kappa shape index (κ1) is 20.5. The third-order valence-corrected chi connectivity index (χ3v) is 4.52. The fourth-order valence-corrected chi connectivity index (χ4v) is 2.88. The molecule has 0 aliphatic heterocycles. The van der Waals surface area contributed by atoms with Gasteiger partial charge in [0.05, 0.1) is 18.8 Å². The lowest BCUT2D eigenvalue weighted by Crippen LogP contribution is -2.46. The minimum absolute atomic E-state index is 0.0922. The van der Waals surface area contributed by atoms with Gasteiger partial charge in [-0.15, -0.1) is 0 Å². The number of halogens is 1. The fourth-order valence-electron chi connectivity index (χ4n) is 2.68. The number of carbonyl (C=O) groups is 1. The fraction of sp³-hybridized carbons (Fsp3) is 0.200. The van der Waals surface area contributed by atoms with E-state index in [1.165, 1.54) is 7.11 Å². The summed E-state index contributed by atoms with van der Waals surface area (Å²) in [5.41, 5.74) is -0.857. The summed E-state index contributed by atoms with van der Waals surface area (Å²) in [5.74, 6) is -0.690. The summed E-state index contributed by atoms with van der Waals surface area (Å²) in [6, 6.07) is 15.4. The Labute approximate surface area is 171 Å². The average Bonchev–Trinajstić information content (AvgIpc) is 2.73. The molecule has 1 amide bonds. The number of benzene rings is 2. The molecule has 1 N–H and O–H groups in total. The van der Waals surface area contributed by atoms with Crippen molar-refractivity contribution in [1.29, 1.82) is 0 Å². The van der Waals surface area contributed by atoms with E-state index in [1.54, 1.807) is 54.6 Å². The highest BCUT2D eigenvalue weighted by Crippen LogP contribution is 2.15. The van der Waals surface area contributed by atoms with Crippen LogP contribution in [-0.4, -0.2) is 40.5 Å². The van der Waals surface area contributed by atoms with E-state index in [1.807, 2.05) is 0 Å². The van der Waals surface area contributed by atoms with Gasteiger partial charge in [0.1, 0.15) is 0 Å². The van der Waals surface area contributed by atoms with Crippen molar-refractivity contribution in [2.24, 2.45) is 0 Å². The zero-order valence-corrected chi connectivity index (χ0v) is 16.4. The van der Waals surface area contributed by atoms with Crippen LogP contribution in [-0.2, 0) is 11.3 Å². The number of nitrogens with one attached hydrogen (secondary N) is 1. The number of carbonyl (C=O) groups excluding carboxylic acids is 1. The van der Waals surface area contributed by atoms with Crippen LogP contribution >= 0.6 is 11.6 Å².